The number of Topliss-reactive ketones (excluding diaryl/α,β-unsaturated/α-hetero) is 1. The highest BCUT2D eigenvalue weighted by molar-refractivity contribution is 6.30. The average molecular weight is 320 g/mol. The Bertz CT molecular complexity index is 668. The predicted molar refractivity (Wildman–Crippen MR) is 83.1 cm³/mol. The summed E-state index contributed by atoms with van der Waals surface area (Å²) in [6, 6.07) is 12.5. The van der Waals surface area contributed by atoms with E-state index in [1.165, 1.54) is 24.3 Å². The maximum absolute atomic E-state index is 12.3. The number of nitro groups is 1. The first-order valence-electron chi connectivity index (χ1n) is 6.65. The molecular formula is C16H14ClNO4. The Labute approximate surface area is 132 Å². The van der Waals surface area contributed by atoms with Crippen LogP contribution >= 0.6 is 11.6 Å². The topological polar surface area (TPSA) is 80.4 Å². The molecule has 2 aromatic rings. The second-order valence-corrected chi connectivity index (χ2v) is 5.37. The highest BCUT2D eigenvalue weighted by atomic mass is 35.5. The maximum Gasteiger partial charge on any atom is 0.211 e. The molecule has 0 fully saturated rings. The van der Waals surface area contributed by atoms with Crippen molar-refractivity contribution in [2.24, 2.45) is 0 Å². The fourth-order valence-corrected chi connectivity index (χ4v) is 2.32. The zero-order chi connectivity index (χ0) is 16.1. The summed E-state index contributed by atoms with van der Waals surface area (Å²) in [6.07, 6.45) is 0.0212. The lowest BCUT2D eigenvalue weighted by Gasteiger charge is -2.13. The van der Waals surface area contributed by atoms with Gasteiger partial charge in [-0.15, -0.1) is 0 Å². The van der Waals surface area contributed by atoms with Crippen molar-refractivity contribution >= 4 is 17.4 Å². The molecule has 0 spiro atoms. The van der Waals surface area contributed by atoms with E-state index >= 15 is 0 Å². The molecule has 6 heteroatoms. The van der Waals surface area contributed by atoms with E-state index in [2.05, 4.69) is 0 Å². The Hall–Kier alpha value is -2.40. The average Bonchev–Trinajstić information content (AvgIpc) is 2.47. The lowest BCUT2D eigenvalue weighted by molar-refractivity contribution is -0.483. The van der Waals surface area contributed by atoms with Crippen molar-refractivity contribution in [2.45, 2.75) is 12.3 Å². The van der Waals surface area contributed by atoms with Gasteiger partial charge in [-0.3, -0.25) is 14.9 Å². The fraction of sp³-hybridized carbons (Fsp3) is 0.188. The van der Waals surface area contributed by atoms with Crippen molar-refractivity contribution in [2.75, 3.05) is 6.54 Å². The quantitative estimate of drug-likeness (QED) is 0.500. The van der Waals surface area contributed by atoms with Crippen LogP contribution in [0.2, 0.25) is 5.02 Å². The monoisotopic (exact) mass is 319 g/mol. The van der Waals surface area contributed by atoms with E-state index in [9.17, 15) is 20.0 Å². The first-order chi connectivity index (χ1) is 10.5. The molecule has 0 aliphatic heterocycles. The van der Waals surface area contributed by atoms with Crippen molar-refractivity contribution in [3.8, 4) is 5.75 Å². The van der Waals surface area contributed by atoms with Crippen LogP contribution in [-0.4, -0.2) is 22.4 Å². The lowest BCUT2D eigenvalue weighted by atomic mass is 9.91. The molecule has 0 saturated heterocycles. The summed E-state index contributed by atoms with van der Waals surface area (Å²) >= 11 is 5.81. The molecule has 0 saturated carbocycles. The number of phenols is 1. The standard InChI is InChI=1S/C16H14ClNO4/c17-14-5-1-11(2-6-14)13(10-18(21)22)9-16(20)12-3-7-15(19)8-4-12/h1-8,13,19H,9-10H2. The third-order valence-corrected chi connectivity index (χ3v) is 3.58. The normalized spacial score (nSPS) is 11.9. The molecule has 0 aliphatic rings. The van der Waals surface area contributed by atoms with Gasteiger partial charge in [-0.25, -0.2) is 0 Å². The number of nitrogens with zero attached hydrogens (tertiary/aromatic N) is 1. The number of phenolic OH excluding ortho intramolecular Hbond substituents is 1. The zero-order valence-electron chi connectivity index (χ0n) is 11.6. The lowest BCUT2D eigenvalue weighted by Crippen LogP contribution is -2.16. The van der Waals surface area contributed by atoms with Crippen molar-refractivity contribution in [3.63, 3.8) is 0 Å². The van der Waals surface area contributed by atoms with Gasteiger partial charge in [-0.1, -0.05) is 23.7 Å². The van der Waals surface area contributed by atoms with Crippen molar-refractivity contribution in [3.05, 3.63) is 74.8 Å². The second-order valence-electron chi connectivity index (χ2n) is 4.94. The van der Waals surface area contributed by atoms with Crippen LogP contribution in [0.15, 0.2) is 48.5 Å². The van der Waals surface area contributed by atoms with Gasteiger partial charge in [0.05, 0.1) is 5.92 Å². The summed E-state index contributed by atoms with van der Waals surface area (Å²) in [4.78, 5) is 22.7. The molecule has 2 rings (SSSR count). The van der Waals surface area contributed by atoms with E-state index in [0.29, 0.717) is 16.1 Å². The first-order valence-corrected chi connectivity index (χ1v) is 7.03. The van der Waals surface area contributed by atoms with E-state index in [1.807, 2.05) is 0 Å². The molecule has 0 heterocycles. The largest absolute Gasteiger partial charge is 0.508 e. The van der Waals surface area contributed by atoms with Crippen LogP contribution in [0.25, 0.3) is 0 Å². The Morgan fingerprint density at radius 1 is 1.14 bits per heavy atom. The Kier molecular flexibility index (Phi) is 5.12. The van der Waals surface area contributed by atoms with Crippen LogP contribution < -0.4 is 0 Å². The predicted octanol–water partition coefficient (Wildman–Crippen LogP) is 3.68. The van der Waals surface area contributed by atoms with Gasteiger partial charge >= 0.3 is 0 Å². The number of carbonyl (C=O) groups excluding carboxylic acids is 1. The molecule has 2 aromatic carbocycles. The Morgan fingerprint density at radius 2 is 1.73 bits per heavy atom. The molecule has 1 N–H and O–H groups in total. The second kappa shape index (κ2) is 7.04. The van der Waals surface area contributed by atoms with Crippen LogP contribution in [0.5, 0.6) is 5.75 Å². The molecule has 0 radical (unpaired) electrons. The van der Waals surface area contributed by atoms with Crippen molar-refractivity contribution in [1.29, 1.82) is 0 Å². The SMILES string of the molecule is O=C(CC(C[N+](=O)[O-])c1ccc(Cl)cc1)c1ccc(O)cc1. The maximum atomic E-state index is 12.3. The van der Waals surface area contributed by atoms with Crippen LogP contribution in [0.3, 0.4) is 0 Å². The number of ketones is 1. The van der Waals surface area contributed by atoms with Gasteiger partial charge in [-0.2, -0.15) is 0 Å². The van der Waals surface area contributed by atoms with Gasteiger partial charge < -0.3 is 5.11 Å². The van der Waals surface area contributed by atoms with Gasteiger partial charge in [0.15, 0.2) is 5.78 Å². The highest BCUT2D eigenvalue weighted by Crippen LogP contribution is 2.24. The molecule has 5 nitrogen and oxygen atoms in total. The number of aromatic hydroxyl groups is 1. The van der Waals surface area contributed by atoms with Crippen LogP contribution in [0.4, 0.5) is 0 Å². The summed E-state index contributed by atoms with van der Waals surface area (Å²) in [6.45, 7) is -0.328. The number of hydrogen-bond acceptors (Lipinski definition) is 4. The third-order valence-electron chi connectivity index (χ3n) is 3.33. The first kappa shape index (κ1) is 16.0. The van der Waals surface area contributed by atoms with Gasteiger partial charge in [-0.05, 0) is 42.0 Å². The minimum Gasteiger partial charge on any atom is -0.508 e. The molecule has 1 unspecified atom stereocenters. The molecule has 1 atom stereocenters. The minimum absolute atomic E-state index is 0.0212. The van der Waals surface area contributed by atoms with Crippen molar-refractivity contribution < 1.29 is 14.8 Å². The highest BCUT2D eigenvalue weighted by Gasteiger charge is 2.22. The number of benzene rings is 2. The molecule has 0 aromatic heterocycles. The van der Waals surface area contributed by atoms with Crippen molar-refractivity contribution in [1.82, 2.24) is 0 Å². The molecule has 0 bridgehead atoms. The number of halogens is 1. The molecular weight excluding hydrogens is 306 g/mol. The number of rotatable bonds is 6. The van der Waals surface area contributed by atoms with Gasteiger partial charge in [0.1, 0.15) is 5.75 Å². The Balaban J connectivity index is 2.19. The van der Waals surface area contributed by atoms with Gasteiger partial charge in [0, 0.05) is 21.9 Å². The van der Waals surface area contributed by atoms with Crippen LogP contribution in [-0.2, 0) is 0 Å². The van der Waals surface area contributed by atoms with E-state index in [-0.39, 0.29) is 24.5 Å². The summed E-state index contributed by atoms with van der Waals surface area (Å²) in [5.41, 5.74) is 1.12. The Morgan fingerprint density at radius 3 is 2.27 bits per heavy atom. The summed E-state index contributed by atoms with van der Waals surface area (Å²) in [5.74, 6) is -0.661. The minimum atomic E-state index is -0.520. The van der Waals surface area contributed by atoms with E-state index < -0.39 is 10.8 Å². The fourth-order valence-electron chi connectivity index (χ4n) is 2.19. The van der Waals surface area contributed by atoms with Gasteiger partial charge in [0.2, 0.25) is 6.54 Å². The van der Waals surface area contributed by atoms with Crippen LogP contribution in [0, 0.1) is 10.1 Å². The summed E-state index contributed by atoms with van der Waals surface area (Å²) in [5, 5.41) is 20.6. The van der Waals surface area contributed by atoms with E-state index in [0.717, 1.165) is 0 Å². The zero-order valence-corrected chi connectivity index (χ0v) is 12.4. The van der Waals surface area contributed by atoms with Gasteiger partial charge in [0.25, 0.3) is 0 Å². The summed E-state index contributed by atoms with van der Waals surface area (Å²) < 4.78 is 0. The summed E-state index contributed by atoms with van der Waals surface area (Å²) in [7, 11) is 0. The third kappa shape index (κ3) is 4.30. The molecule has 22 heavy (non-hydrogen) atoms. The smallest absolute Gasteiger partial charge is 0.211 e. The molecule has 0 amide bonds. The van der Waals surface area contributed by atoms with E-state index in [1.54, 1.807) is 24.3 Å². The molecule has 114 valence electrons. The number of carbonyl (C=O) groups is 1. The molecule has 0 aliphatic carbocycles. The van der Waals surface area contributed by atoms with E-state index in [4.69, 9.17) is 11.6 Å². The number of hydrogen-bond donors (Lipinski definition) is 1. The van der Waals surface area contributed by atoms with Crippen LogP contribution in [0.1, 0.15) is 28.3 Å².